The minimum absolute atomic E-state index is 0.0692. The number of hydrogen-bond donors (Lipinski definition) is 0. The van der Waals surface area contributed by atoms with Gasteiger partial charge in [0.15, 0.2) is 0 Å². The van der Waals surface area contributed by atoms with Crippen molar-refractivity contribution in [2.24, 2.45) is 0 Å². The standard InChI is InChI=1S/C26H28FN3O4S/c1-34-25-13-11-23(12-14-25)28-15-17-29(18-16-28)26(31)21-5-9-24(10-6-21)30(35(2,32)33)19-20-3-7-22(27)8-4-20/h3-14H,15-19H2,1-2H3. The fraction of sp³-hybridized carbons (Fsp3) is 0.269. The third-order valence-electron chi connectivity index (χ3n) is 6.05. The molecule has 0 bridgehead atoms. The number of rotatable bonds is 7. The number of halogens is 1. The first kappa shape index (κ1) is 24.5. The number of ether oxygens (including phenoxy) is 1. The van der Waals surface area contributed by atoms with Crippen LogP contribution in [-0.4, -0.2) is 58.8 Å². The zero-order chi connectivity index (χ0) is 25.0. The van der Waals surface area contributed by atoms with Crippen LogP contribution in [0.4, 0.5) is 15.8 Å². The Hall–Kier alpha value is -3.59. The molecular weight excluding hydrogens is 469 g/mol. The number of nitrogens with zero attached hydrogens (tertiary/aromatic N) is 3. The number of amides is 1. The Morgan fingerprint density at radius 3 is 2.06 bits per heavy atom. The number of benzene rings is 3. The maximum atomic E-state index is 13.2. The number of carbonyl (C=O) groups is 1. The van der Waals surface area contributed by atoms with E-state index in [0.717, 1.165) is 30.8 Å². The second kappa shape index (κ2) is 10.4. The van der Waals surface area contributed by atoms with E-state index >= 15 is 0 Å². The van der Waals surface area contributed by atoms with Crippen molar-refractivity contribution >= 4 is 27.3 Å². The molecule has 1 aliphatic rings. The Morgan fingerprint density at radius 1 is 0.914 bits per heavy atom. The Labute approximate surface area is 205 Å². The largest absolute Gasteiger partial charge is 0.497 e. The monoisotopic (exact) mass is 497 g/mol. The maximum Gasteiger partial charge on any atom is 0.253 e. The zero-order valence-corrected chi connectivity index (χ0v) is 20.5. The van der Waals surface area contributed by atoms with Gasteiger partial charge in [-0.1, -0.05) is 12.1 Å². The van der Waals surface area contributed by atoms with Gasteiger partial charge in [-0.3, -0.25) is 9.10 Å². The van der Waals surface area contributed by atoms with E-state index < -0.39 is 10.0 Å². The molecule has 0 atom stereocenters. The van der Waals surface area contributed by atoms with Crippen molar-refractivity contribution in [3.63, 3.8) is 0 Å². The van der Waals surface area contributed by atoms with E-state index in [1.807, 2.05) is 29.2 Å². The molecule has 184 valence electrons. The third kappa shape index (κ3) is 5.92. The second-order valence-corrected chi connectivity index (χ2v) is 10.3. The molecule has 9 heteroatoms. The molecule has 0 saturated carbocycles. The van der Waals surface area contributed by atoms with Crippen molar-refractivity contribution in [2.75, 3.05) is 48.7 Å². The normalized spacial score (nSPS) is 14.0. The summed E-state index contributed by atoms with van der Waals surface area (Å²) in [4.78, 5) is 17.1. The molecule has 3 aromatic carbocycles. The summed E-state index contributed by atoms with van der Waals surface area (Å²) in [6.07, 6.45) is 1.12. The van der Waals surface area contributed by atoms with Crippen molar-refractivity contribution < 1.29 is 22.3 Å². The average molecular weight is 498 g/mol. The maximum absolute atomic E-state index is 13.2. The lowest BCUT2D eigenvalue weighted by atomic mass is 10.1. The minimum atomic E-state index is -3.59. The molecular formula is C26H28FN3O4S. The van der Waals surface area contributed by atoms with E-state index in [1.165, 1.54) is 16.4 Å². The van der Waals surface area contributed by atoms with Gasteiger partial charge in [-0.05, 0) is 66.2 Å². The molecule has 0 aromatic heterocycles. The Balaban J connectivity index is 1.41. The van der Waals surface area contributed by atoms with E-state index in [2.05, 4.69) is 4.90 Å². The van der Waals surface area contributed by atoms with Crippen molar-refractivity contribution in [3.05, 3.63) is 89.7 Å². The molecule has 0 radical (unpaired) electrons. The van der Waals surface area contributed by atoms with Gasteiger partial charge in [-0.15, -0.1) is 0 Å². The second-order valence-electron chi connectivity index (χ2n) is 8.42. The van der Waals surface area contributed by atoms with Crippen molar-refractivity contribution in [1.82, 2.24) is 4.90 Å². The van der Waals surface area contributed by atoms with Crippen molar-refractivity contribution in [1.29, 1.82) is 0 Å². The van der Waals surface area contributed by atoms with Crippen LogP contribution in [0.25, 0.3) is 0 Å². The van der Waals surface area contributed by atoms with Gasteiger partial charge in [-0.2, -0.15) is 0 Å². The first-order chi connectivity index (χ1) is 16.7. The molecule has 1 saturated heterocycles. The molecule has 1 fully saturated rings. The van der Waals surface area contributed by atoms with Crippen LogP contribution >= 0.6 is 0 Å². The predicted octanol–water partition coefficient (Wildman–Crippen LogP) is 3.76. The summed E-state index contributed by atoms with van der Waals surface area (Å²) in [5, 5.41) is 0. The number of hydrogen-bond acceptors (Lipinski definition) is 5. The van der Waals surface area contributed by atoms with Gasteiger partial charge in [0.1, 0.15) is 11.6 Å². The van der Waals surface area contributed by atoms with Crippen LogP contribution in [0.5, 0.6) is 5.75 Å². The fourth-order valence-corrected chi connectivity index (χ4v) is 4.96. The first-order valence-corrected chi connectivity index (χ1v) is 13.1. The van der Waals surface area contributed by atoms with E-state index in [9.17, 15) is 17.6 Å². The van der Waals surface area contributed by atoms with E-state index in [0.29, 0.717) is 29.9 Å². The van der Waals surface area contributed by atoms with Crippen LogP contribution in [0.2, 0.25) is 0 Å². The highest BCUT2D eigenvalue weighted by Crippen LogP contribution is 2.24. The highest BCUT2D eigenvalue weighted by Gasteiger charge is 2.23. The van der Waals surface area contributed by atoms with Gasteiger partial charge in [0.2, 0.25) is 10.0 Å². The average Bonchev–Trinajstić information content (AvgIpc) is 2.87. The highest BCUT2D eigenvalue weighted by molar-refractivity contribution is 7.92. The Bertz CT molecular complexity index is 1260. The number of sulfonamides is 1. The summed E-state index contributed by atoms with van der Waals surface area (Å²) in [7, 11) is -1.95. The molecule has 0 spiro atoms. The Kier molecular flexibility index (Phi) is 7.25. The van der Waals surface area contributed by atoms with E-state index in [4.69, 9.17) is 4.74 Å². The van der Waals surface area contributed by atoms with Crippen LogP contribution in [-0.2, 0) is 16.6 Å². The van der Waals surface area contributed by atoms with Crippen molar-refractivity contribution in [3.8, 4) is 5.75 Å². The lowest BCUT2D eigenvalue weighted by molar-refractivity contribution is 0.0747. The topological polar surface area (TPSA) is 70.2 Å². The summed E-state index contributed by atoms with van der Waals surface area (Å²) in [5.41, 5.74) is 2.69. The summed E-state index contributed by atoms with van der Waals surface area (Å²) < 4.78 is 44.5. The Morgan fingerprint density at radius 2 is 1.51 bits per heavy atom. The van der Waals surface area contributed by atoms with Gasteiger partial charge in [0, 0.05) is 37.4 Å². The van der Waals surface area contributed by atoms with Crippen LogP contribution in [0.1, 0.15) is 15.9 Å². The van der Waals surface area contributed by atoms with Gasteiger partial charge < -0.3 is 14.5 Å². The summed E-state index contributed by atoms with van der Waals surface area (Å²) in [5.74, 6) is 0.334. The number of anilines is 2. The van der Waals surface area contributed by atoms with E-state index in [-0.39, 0.29) is 18.3 Å². The summed E-state index contributed by atoms with van der Waals surface area (Å²) >= 11 is 0. The lowest BCUT2D eigenvalue weighted by Crippen LogP contribution is -2.48. The molecule has 0 unspecified atom stereocenters. The smallest absolute Gasteiger partial charge is 0.253 e. The van der Waals surface area contributed by atoms with Crippen LogP contribution < -0.4 is 13.9 Å². The van der Waals surface area contributed by atoms with Gasteiger partial charge in [0.25, 0.3) is 5.91 Å². The molecule has 7 nitrogen and oxygen atoms in total. The van der Waals surface area contributed by atoms with Crippen LogP contribution in [0, 0.1) is 5.82 Å². The quantitative estimate of drug-likeness (QED) is 0.497. The first-order valence-electron chi connectivity index (χ1n) is 11.2. The van der Waals surface area contributed by atoms with Gasteiger partial charge in [0.05, 0.1) is 25.6 Å². The molecule has 35 heavy (non-hydrogen) atoms. The SMILES string of the molecule is COc1ccc(N2CCN(C(=O)c3ccc(N(Cc4ccc(F)cc4)S(C)(=O)=O)cc3)CC2)cc1. The molecule has 0 aliphatic carbocycles. The zero-order valence-electron chi connectivity index (χ0n) is 19.7. The van der Waals surface area contributed by atoms with Crippen LogP contribution in [0.15, 0.2) is 72.8 Å². The van der Waals surface area contributed by atoms with Crippen molar-refractivity contribution in [2.45, 2.75) is 6.54 Å². The predicted molar refractivity (Wildman–Crippen MR) is 135 cm³/mol. The number of piperazine rings is 1. The number of carbonyl (C=O) groups excluding carboxylic acids is 1. The lowest BCUT2D eigenvalue weighted by Gasteiger charge is -2.36. The number of methoxy groups -OCH3 is 1. The molecule has 1 aliphatic heterocycles. The third-order valence-corrected chi connectivity index (χ3v) is 7.19. The summed E-state index contributed by atoms with van der Waals surface area (Å²) in [6, 6.07) is 20.1. The van der Waals surface area contributed by atoms with E-state index in [1.54, 1.807) is 43.5 Å². The fourth-order valence-electron chi connectivity index (χ4n) is 4.07. The molecule has 0 N–H and O–H groups in total. The van der Waals surface area contributed by atoms with Crippen LogP contribution in [0.3, 0.4) is 0 Å². The van der Waals surface area contributed by atoms with Gasteiger partial charge >= 0.3 is 0 Å². The molecule has 1 heterocycles. The molecule has 4 rings (SSSR count). The highest BCUT2D eigenvalue weighted by atomic mass is 32.2. The molecule has 3 aromatic rings. The molecule has 1 amide bonds. The summed E-state index contributed by atoms with van der Waals surface area (Å²) in [6.45, 7) is 2.68. The minimum Gasteiger partial charge on any atom is -0.497 e. The van der Waals surface area contributed by atoms with Gasteiger partial charge in [-0.25, -0.2) is 12.8 Å².